The molecule has 1 aromatic carbocycles. The third-order valence-corrected chi connectivity index (χ3v) is 5.74. The van der Waals surface area contributed by atoms with Crippen LogP contribution in [0.25, 0.3) is 0 Å². The molecule has 3 aliphatic carbocycles. The fraction of sp³-hybridized carbons (Fsp3) is 0.562. The van der Waals surface area contributed by atoms with E-state index in [9.17, 15) is 9.90 Å². The highest BCUT2D eigenvalue weighted by Crippen LogP contribution is 2.69. The van der Waals surface area contributed by atoms with Gasteiger partial charge in [0.25, 0.3) is 0 Å². The molecule has 3 heteroatoms. The number of ether oxygens (including phenoxy) is 1. The van der Waals surface area contributed by atoms with Crippen molar-refractivity contribution in [3.8, 4) is 5.75 Å². The van der Waals surface area contributed by atoms with Gasteiger partial charge < -0.3 is 9.84 Å². The number of hydrogen-bond acceptors (Lipinski definition) is 3. The summed E-state index contributed by atoms with van der Waals surface area (Å²) in [4.78, 5) is 13.0. The van der Waals surface area contributed by atoms with Gasteiger partial charge in [-0.3, -0.25) is 4.79 Å². The van der Waals surface area contributed by atoms with E-state index in [0.29, 0.717) is 23.7 Å². The summed E-state index contributed by atoms with van der Waals surface area (Å²) in [5.41, 5.74) is -0.0561. The molecule has 0 saturated heterocycles. The molecule has 0 amide bonds. The zero-order valence-corrected chi connectivity index (χ0v) is 11.1. The Morgan fingerprint density at radius 2 is 2.16 bits per heavy atom. The van der Waals surface area contributed by atoms with Crippen LogP contribution in [0.15, 0.2) is 18.2 Å². The van der Waals surface area contributed by atoms with Crippen molar-refractivity contribution >= 4 is 5.78 Å². The molecule has 3 aliphatic rings. The van der Waals surface area contributed by atoms with Crippen LogP contribution in [0.4, 0.5) is 0 Å². The monoisotopic (exact) mass is 258 g/mol. The molecule has 1 spiro atoms. The van der Waals surface area contributed by atoms with Crippen molar-refractivity contribution in [3.63, 3.8) is 0 Å². The van der Waals surface area contributed by atoms with Gasteiger partial charge in [0.05, 0.1) is 18.1 Å². The highest BCUT2D eigenvalue weighted by Gasteiger charge is 2.70. The van der Waals surface area contributed by atoms with E-state index in [1.807, 2.05) is 18.2 Å². The van der Waals surface area contributed by atoms with Crippen LogP contribution >= 0.6 is 0 Å². The third-order valence-electron chi connectivity index (χ3n) is 5.74. The van der Waals surface area contributed by atoms with Crippen LogP contribution < -0.4 is 4.74 Å². The summed E-state index contributed by atoms with van der Waals surface area (Å²) in [6, 6.07) is 5.61. The van der Waals surface area contributed by atoms with Gasteiger partial charge in [0.2, 0.25) is 0 Å². The molecule has 2 fully saturated rings. The number of Topliss-reactive ketones (excluding diaryl/α,β-unsaturated/α-hetero) is 1. The molecule has 0 aromatic heterocycles. The molecule has 3 atom stereocenters. The topological polar surface area (TPSA) is 46.5 Å². The average Bonchev–Trinajstić information content (AvgIpc) is 3.02. The lowest BCUT2D eigenvalue weighted by Crippen LogP contribution is -2.42. The number of carbonyl (C=O) groups excluding carboxylic acids is 1. The molecule has 3 nitrogen and oxygen atoms in total. The van der Waals surface area contributed by atoms with Gasteiger partial charge in [-0.25, -0.2) is 0 Å². The van der Waals surface area contributed by atoms with Gasteiger partial charge in [-0.2, -0.15) is 0 Å². The molecule has 2 saturated carbocycles. The summed E-state index contributed by atoms with van der Waals surface area (Å²) in [6.07, 6.45) is 4.63. The van der Waals surface area contributed by atoms with Crippen molar-refractivity contribution in [1.29, 1.82) is 0 Å². The van der Waals surface area contributed by atoms with E-state index in [-0.39, 0.29) is 5.78 Å². The summed E-state index contributed by atoms with van der Waals surface area (Å²) in [7, 11) is 1.59. The number of rotatable bonds is 1. The molecule has 100 valence electrons. The zero-order chi connectivity index (χ0) is 13.3. The Labute approximate surface area is 112 Å². The van der Waals surface area contributed by atoms with Crippen molar-refractivity contribution in [2.45, 2.75) is 37.7 Å². The zero-order valence-electron chi connectivity index (χ0n) is 11.1. The maximum Gasteiger partial charge on any atom is 0.176 e. The number of aliphatic hydroxyl groups is 1. The number of hydrogen-bond donors (Lipinski definition) is 1. The summed E-state index contributed by atoms with van der Waals surface area (Å²) in [6.45, 7) is 0. The number of carbonyl (C=O) groups is 1. The van der Waals surface area contributed by atoms with Gasteiger partial charge in [0.1, 0.15) is 11.4 Å². The molecule has 1 N–H and O–H groups in total. The molecule has 0 unspecified atom stereocenters. The van der Waals surface area contributed by atoms with Gasteiger partial charge in [-0.1, -0.05) is 18.6 Å². The second-order valence-corrected chi connectivity index (χ2v) is 6.17. The SMILES string of the molecule is COc1cccc2c1C(=O)[C@@]13CCC[C@@H]1CC[C@@]23O. The Bertz CT molecular complexity index is 579. The van der Waals surface area contributed by atoms with Crippen molar-refractivity contribution in [2.75, 3.05) is 7.11 Å². The van der Waals surface area contributed by atoms with Crippen LogP contribution in [0.5, 0.6) is 5.75 Å². The fourth-order valence-electron chi connectivity index (χ4n) is 4.98. The number of methoxy groups -OCH3 is 1. The van der Waals surface area contributed by atoms with Gasteiger partial charge in [0.15, 0.2) is 5.78 Å². The van der Waals surface area contributed by atoms with Crippen molar-refractivity contribution in [1.82, 2.24) is 0 Å². The first-order valence-corrected chi connectivity index (χ1v) is 7.10. The van der Waals surface area contributed by atoms with E-state index in [1.165, 1.54) is 0 Å². The van der Waals surface area contributed by atoms with Crippen LogP contribution in [0.1, 0.15) is 48.0 Å². The molecule has 0 bridgehead atoms. The average molecular weight is 258 g/mol. The predicted octanol–water partition coefficient (Wildman–Crippen LogP) is 2.66. The predicted molar refractivity (Wildman–Crippen MR) is 70.2 cm³/mol. The minimum Gasteiger partial charge on any atom is -0.496 e. The first-order chi connectivity index (χ1) is 9.15. The first kappa shape index (κ1) is 11.5. The van der Waals surface area contributed by atoms with E-state index < -0.39 is 11.0 Å². The highest BCUT2D eigenvalue weighted by atomic mass is 16.5. The maximum atomic E-state index is 13.0. The standard InChI is InChI=1S/C16H18O3/c1-19-12-6-2-5-11-13(12)14(17)15-8-3-4-10(15)7-9-16(11,15)18/h2,5-6,10,18H,3-4,7-9H2,1H3/t10-,15-,16-/m1/s1. The van der Waals surface area contributed by atoms with Crippen LogP contribution in [0, 0.1) is 11.3 Å². The smallest absolute Gasteiger partial charge is 0.176 e. The second kappa shape index (κ2) is 3.40. The molecule has 0 radical (unpaired) electrons. The molecule has 4 rings (SSSR count). The van der Waals surface area contributed by atoms with Crippen molar-refractivity contribution < 1.29 is 14.6 Å². The Morgan fingerprint density at radius 3 is 2.95 bits per heavy atom. The van der Waals surface area contributed by atoms with Gasteiger partial charge in [-0.15, -0.1) is 0 Å². The number of ketones is 1. The summed E-state index contributed by atoms with van der Waals surface area (Å²) >= 11 is 0. The van der Waals surface area contributed by atoms with Crippen LogP contribution in [-0.4, -0.2) is 18.0 Å². The minimum atomic E-state index is -0.949. The lowest BCUT2D eigenvalue weighted by Gasteiger charge is -2.35. The molecule has 19 heavy (non-hydrogen) atoms. The van der Waals surface area contributed by atoms with Crippen molar-refractivity contribution in [3.05, 3.63) is 29.3 Å². The molecular weight excluding hydrogens is 240 g/mol. The van der Waals surface area contributed by atoms with E-state index in [2.05, 4.69) is 0 Å². The van der Waals surface area contributed by atoms with Gasteiger partial charge >= 0.3 is 0 Å². The lowest BCUT2D eigenvalue weighted by molar-refractivity contribution is -0.0466. The number of fused-ring (bicyclic) bond motifs is 2. The summed E-state index contributed by atoms with van der Waals surface area (Å²) in [5, 5.41) is 11.3. The van der Waals surface area contributed by atoms with E-state index in [1.54, 1.807) is 7.11 Å². The maximum absolute atomic E-state index is 13.0. The second-order valence-electron chi connectivity index (χ2n) is 6.17. The Hall–Kier alpha value is -1.35. The first-order valence-electron chi connectivity index (χ1n) is 7.10. The summed E-state index contributed by atoms with van der Waals surface area (Å²) < 4.78 is 5.35. The molecular formula is C16H18O3. The molecule has 0 aliphatic heterocycles. The van der Waals surface area contributed by atoms with E-state index in [0.717, 1.165) is 31.2 Å². The van der Waals surface area contributed by atoms with Crippen LogP contribution in [-0.2, 0) is 5.60 Å². The van der Waals surface area contributed by atoms with Crippen LogP contribution in [0.3, 0.4) is 0 Å². The van der Waals surface area contributed by atoms with Crippen molar-refractivity contribution in [2.24, 2.45) is 11.3 Å². The third kappa shape index (κ3) is 1.04. The van der Waals surface area contributed by atoms with E-state index in [4.69, 9.17) is 4.74 Å². The molecule has 1 aromatic rings. The summed E-state index contributed by atoms with van der Waals surface area (Å²) in [5.74, 6) is 1.09. The normalized spacial score (nSPS) is 39.1. The van der Waals surface area contributed by atoms with E-state index >= 15 is 0 Å². The quantitative estimate of drug-likeness (QED) is 0.842. The minimum absolute atomic E-state index is 0.127. The van der Waals surface area contributed by atoms with Crippen LogP contribution in [0.2, 0.25) is 0 Å². The van der Waals surface area contributed by atoms with Gasteiger partial charge in [0, 0.05) is 0 Å². The highest BCUT2D eigenvalue weighted by molar-refractivity contribution is 6.09. The largest absolute Gasteiger partial charge is 0.496 e. The number of benzene rings is 1. The Balaban J connectivity index is 2.02. The van der Waals surface area contributed by atoms with Gasteiger partial charge in [-0.05, 0) is 43.2 Å². The lowest BCUT2D eigenvalue weighted by atomic mass is 9.71. The Morgan fingerprint density at radius 1 is 1.32 bits per heavy atom. The molecule has 0 heterocycles. The Kier molecular flexibility index (Phi) is 2.05. The fourth-order valence-corrected chi connectivity index (χ4v) is 4.98.